The molecule has 2 aliphatic rings. The van der Waals surface area contributed by atoms with Gasteiger partial charge in [0.05, 0.1) is 16.8 Å². The molecule has 1 fully saturated rings. The fourth-order valence-corrected chi connectivity index (χ4v) is 4.91. The fourth-order valence-electron chi connectivity index (χ4n) is 3.67. The average molecular weight is 433 g/mol. The second-order valence-corrected chi connectivity index (χ2v) is 8.37. The summed E-state index contributed by atoms with van der Waals surface area (Å²) in [5.74, 6) is -0.313. The minimum Gasteiger partial charge on any atom is -0.393 e. The smallest absolute Gasteiger partial charge is 0.273 e. The van der Waals surface area contributed by atoms with E-state index in [1.807, 2.05) is 10.6 Å². The van der Waals surface area contributed by atoms with Crippen molar-refractivity contribution in [3.05, 3.63) is 40.4 Å². The molecule has 1 amide bonds. The van der Waals surface area contributed by atoms with Crippen molar-refractivity contribution in [1.29, 1.82) is 5.26 Å². The van der Waals surface area contributed by atoms with Crippen LogP contribution in [0.25, 0.3) is 0 Å². The van der Waals surface area contributed by atoms with E-state index in [4.69, 9.17) is 16.9 Å². The normalized spacial score (nSPS) is 17.0. The maximum Gasteiger partial charge on any atom is 0.273 e. The topological polar surface area (TPSA) is 106 Å². The van der Waals surface area contributed by atoms with Crippen molar-refractivity contribution >= 4 is 41.0 Å². The Kier molecular flexibility index (Phi) is 5.96. The summed E-state index contributed by atoms with van der Waals surface area (Å²) in [5, 5.41) is 21.9. The number of hydrogen-bond donors (Lipinski definition) is 3. The van der Waals surface area contributed by atoms with Gasteiger partial charge < -0.3 is 19.7 Å². The van der Waals surface area contributed by atoms with Crippen LogP contribution in [0.2, 0.25) is 5.02 Å². The molecule has 0 aromatic carbocycles. The third-order valence-corrected chi connectivity index (χ3v) is 6.44. The molecule has 2 aliphatic heterocycles. The lowest BCUT2D eigenvalue weighted by Gasteiger charge is -2.28. The maximum atomic E-state index is 13.0. The number of amides is 1. The van der Waals surface area contributed by atoms with Crippen molar-refractivity contribution in [2.75, 3.05) is 23.1 Å². The van der Waals surface area contributed by atoms with E-state index >= 15 is 0 Å². The Morgan fingerprint density at radius 2 is 2.17 bits per heavy atom. The molecule has 8 nitrogen and oxygen atoms in total. The number of aliphatic hydroxyl groups excluding tert-OH is 1. The van der Waals surface area contributed by atoms with E-state index in [0.29, 0.717) is 16.4 Å². The summed E-state index contributed by atoms with van der Waals surface area (Å²) in [6.45, 7) is 2.33. The van der Waals surface area contributed by atoms with Crippen molar-refractivity contribution in [3.63, 3.8) is 0 Å². The number of aromatic nitrogens is 2. The number of rotatable bonds is 5. The Balaban J connectivity index is 1.52. The number of pyridine rings is 1. The van der Waals surface area contributed by atoms with Crippen LogP contribution in [0.3, 0.4) is 0 Å². The van der Waals surface area contributed by atoms with Crippen LogP contribution in [-0.4, -0.2) is 44.1 Å². The van der Waals surface area contributed by atoms with Gasteiger partial charge in [0.15, 0.2) is 0 Å². The summed E-state index contributed by atoms with van der Waals surface area (Å²) >= 11 is 8.09. The SMILES string of the molecule is N#Cc1cc(NC(=O)c2c(Cl)c(NSN3CCC(O)CC3)c3n2CCC3)ccn1. The van der Waals surface area contributed by atoms with E-state index in [2.05, 4.69) is 19.3 Å². The van der Waals surface area contributed by atoms with Gasteiger partial charge in [0.1, 0.15) is 17.5 Å². The molecule has 4 heterocycles. The number of carbonyl (C=O) groups excluding carboxylic acids is 1. The molecule has 0 saturated carbocycles. The van der Waals surface area contributed by atoms with Gasteiger partial charge in [-0.25, -0.2) is 9.29 Å². The number of nitrogens with zero attached hydrogens (tertiary/aromatic N) is 4. The number of carbonyl (C=O) groups is 1. The zero-order chi connectivity index (χ0) is 20.4. The van der Waals surface area contributed by atoms with E-state index in [9.17, 15) is 9.90 Å². The molecular weight excluding hydrogens is 412 g/mol. The lowest BCUT2D eigenvalue weighted by atomic mass is 10.1. The molecule has 29 heavy (non-hydrogen) atoms. The van der Waals surface area contributed by atoms with Crippen molar-refractivity contribution in [3.8, 4) is 6.07 Å². The largest absolute Gasteiger partial charge is 0.393 e. The molecule has 0 radical (unpaired) electrons. The van der Waals surface area contributed by atoms with Crippen molar-refractivity contribution < 1.29 is 9.90 Å². The standard InChI is InChI=1S/C19H21ClN6O2S/c20-16-17(24-29-25-8-4-14(27)5-9-25)15-2-1-7-26(15)18(16)19(28)23-12-3-6-22-13(10-12)11-21/h3,6,10,14,24,27H,1-2,4-5,7-9H2,(H,22,23,28). The number of anilines is 2. The van der Waals surface area contributed by atoms with Gasteiger partial charge in [-0.3, -0.25) is 4.79 Å². The van der Waals surface area contributed by atoms with Gasteiger partial charge in [-0.05, 0) is 37.8 Å². The summed E-state index contributed by atoms with van der Waals surface area (Å²) in [6, 6.07) is 5.13. The number of aliphatic hydroxyl groups is 1. The van der Waals surface area contributed by atoms with Crippen LogP contribution in [0.1, 0.15) is 41.1 Å². The molecule has 3 N–H and O–H groups in total. The van der Waals surface area contributed by atoms with E-state index in [1.165, 1.54) is 24.4 Å². The highest BCUT2D eigenvalue weighted by Crippen LogP contribution is 2.39. The number of piperidine rings is 1. The monoisotopic (exact) mass is 432 g/mol. The molecule has 4 rings (SSSR count). The van der Waals surface area contributed by atoms with Gasteiger partial charge in [0.2, 0.25) is 0 Å². The first-order valence-corrected chi connectivity index (χ1v) is 10.7. The molecule has 2 aromatic rings. The minimum atomic E-state index is -0.313. The first-order chi connectivity index (χ1) is 14.1. The predicted molar refractivity (Wildman–Crippen MR) is 113 cm³/mol. The molecule has 1 saturated heterocycles. The molecule has 0 atom stereocenters. The first-order valence-electron chi connectivity index (χ1n) is 9.51. The molecular formula is C19H21ClN6O2S. The van der Waals surface area contributed by atoms with Gasteiger partial charge >= 0.3 is 0 Å². The fraction of sp³-hybridized carbons (Fsp3) is 0.421. The number of nitrogens with one attached hydrogen (secondary N) is 2. The Hall–Kier alpha value is -2.25. The summed E-state index contributed by atoms with van der Waals surface area (Å²) < 4.78 is 7.45. The van der Waals surface area contributed by atoms with Crippen LogP contribution in [-0.2, 0) is 13.0 Å². The van der Waals surface area contributed by atoms with Gasteiger partial charge in [-0.1, -0.05) is 11.6 Å². The molecule has 0 unspecified atom stereocenters. The first kappa shape index (κ1) is 20.0. The Morgan fingerprint density at radius 1 is 1.38 bits per heavy atom. The van der Waals surface area contributed by atoms with Crippen LogP contribution in [0.15, 0.2) is 18.3 Å². The van der Waals surface area contributed by atoms with E-state index in [0.717, 1.165) is 56.7 Å². The molecule has 2 aromatic heterocycles. The van der Waals surface area contributed by atoms with Gasteiger partial charge in [0, 0.05) is 49.3 Å². The average Bonchev–Trinajstić information content (AvgIpc) is 3.28. The molecule has 0 bridgehead atoms. The second kappa shape index (κ2) is 8.63. The number of fused-ring (bicyclic) bond motifs is 1. The summed E-state index contributed by atoms with van der Waals surface area (Å²) in [4.78, 5) is 16.9. The zero-order valence-electron chi connectivity index (χ0n) is 15.7. The molecule has 152 valence electrons. The third-order valence-electron chi connectivity index (χ3n) is 5.15. The number of hydrogen-bond acceptors (Lipinski definition) is 7. The third kappa shape index (κ3) is 4.21. The number of halogens is 1. The van der Waals surface area contributed by atoms with Crippen LogP contribution < -0.4 is 10.0 Å². The summed E-state index contributed by atoms with van der Waals surface area (Å²) in [6.07, 6.45) is 4.57. The van der Waals surface area contributed by atoms with Gasteiger partial charge in [0.25, 0.3) is 5.91 Å². The lowest BCUT2D eigenvalue weighted by molar-refractivity contribution is 0.101. The minimum absolute atomic E-state index is 0.223. The molecule has 0 spiro atoms. The van der Waals surface area contributed by atoms with E-state index < -0.39 is 0 Å². The van der Waals surface area contributed by atoms with Gasteiger partial charge in [-0.2, -0.15) is 5.26 Å². The van der Waals surface area contributed by atoms with Crippen LogP contribution >= 0.6 is 23.7 Å². The Labute approximate surface area is 178 Å². The lowest BCUT2D eigenvalue weighted by Crippen LogP contribution is -2.32. The molecule has 0 aliphatic carbocycles. The van der Waals surface area contributed by atoms with E-state index in [-0.39, 0.29) is 17.7 Å². The molecule has 10 heteroatoms. The summed E-state index contributed by atoms with van der Waals surface area (Å²) in [5.41, 5.74) is 2.96. The Morgan fingerprint density at radius 3 is 2.93 bits per heavy atom. The highest BCUT2D eigenvalue weighted by atomic mass is 35.5. The van der Waals surface area contributed by atoms with Crippen molar-refractivity contribution in [2.24, 2.45) is 0 Å². The van der Waals surface area contributed by atoms with Crippen LogP contribution in [0.4, 0.5) is 11.4 Å². The second-order valence-electron chi connectivity index (χ2n) is 7.09. The summed E-state index contributed by atoms with van der Waals surface area (Å²) in [7, 11) is 0. The predicted octanol–water partition coefficient (Wildman–Crippen LogP) is 3.04. The highest BCUT2D eigenvalue weighted by molar-refractivity contribution is 7.98. The highest BCUT2D eigenvalue weighted by Gasteiger charge is 2.29. The van der Waals surface area contributed by atoms with Crippen molar-refractivity contribution in [1.82, 2.24) is 13.9 Å². The van der Waals surface area contributed by atoms with Crippen LogP contribution in [0.5, 0.6) is 0 Å². The van der Waals surface area contributed by atoms with Gasteiger partial charge in [-0.15, -0.1) is 0 Å². The van der Waals surface area contributed by atoms with Crippen molar-refractivity contribution in [2.45, 2.75) is 38.3 Å². The maximum absolute atomic E-state index is 13.0. The van der Waals surface area contributed by atoms with Crippen LogP contribution in [0, 0.1) is 11.3 Å². The Bertz CT molecular complexity index is 964. The zero-order valence-corrected chi connectivity index (χ0v) is 17.3. The quantitative estimate of drug-likeness (QED) is 0.623. The van der Waals surface area contributed by atoms with E-state index in [1.54, 1.807) is 6.07 Å². The number of nitriles is 1.